The molecular weight excluding hydrogens is 422 g/mol. The minimum atomic E-state index is -4.01. The molecule has 0 radical (unpaired) electrons. The van der Waals surface area contributed by atoms with Gasteiger partial charge in [0.2, 0.25) is 11.8 Å². The maximum absolute atomic E-state index is 12.8. The zero-order valence-corrected chi connectivity index (χ0v) is 17.8. The Hall–Kier alpha value is -3.47. The van der Waals surface area contributed by atoms with E-state index < -0.39 is 14.9 Å². The summed E-state index contributed by atoms with van der Waals surface area (Å²) in [7, 11) is -4.01. The fourth-order valence-electron chi connectivity index (χ4n) is 3.12. The Morgan fingerprint density at radius 1 is 1.13 bits per heavy atom. The van der Waals surface area contributed by atoms with Crippen molar-refractivity contribution in [2.75, 3.05) is 10.0 Å². The van der Waals surface area contributed by atoms with E-state index in [1.807, 2.05) is 13.0 Å². The van der Waals surface area contributed by atoms with Gasteiger partial charge in [-0.15, -0.1) is 10.2 Å². The van der Waals surface area contributed by atoms with Crippen molar-refractivity contribution in [3.05, 3.63) is 69.4 Å². The van der Waals surface area contributed by atoms with Gasteiger partial charge in [-0.25, -0.2) is 8.42 Å². The maximum Gasteiger partial charge on any atom is 0.293 e. The van der Waals surface area contributed by atoms with Crippen LogP contribution in [0, 0.1) is 24.0 Å². The molecular formula is C20H21N5O5S. The summed E-state index contributed by atoms with van der Waals surface area (Å²) < 4.78 is 33.6. The van der Waals surface area contributed by atoms with E-state index in [-0.39, 0.29) is 22.8 Å². The van der Waals surface area contributed by atoms with Crippen molar-refractivity contribution >= 4 is 27.1 Å². The molecule has 0 unspecified atom stereocenters. The van der Waals surface area contributed by atoms with E-state index >= 15 is 0 Å². The first kappa shape index (κ1) is 20.8. The molecule has 0 saturated heterocycles. The number of anilines is 2. The third-order valence-corrected chi connectivity index (χ3v) is 6.30. The number of rotatable bonds is 8. The van der Waals surface area contributed by atoms with Gasteiger partial charge in [0.15, 0.2) is 0 Å². The third-order valence-electron chi connectivity index (χ3n) is 4.94. The summed E-state index contributed by atoms with van der Waals surface area (Å²) in [5.41, 5.74) is 1.95. The van der Waals surface area contributed by atoms with E-state index in [9.17, 15) is 18.5 Å². The minimum absolute atomic E-state index is 0.0907. The lowest BCUT2D eigenvalue weighted by atomic mass is 10.1. The molecule has 162 valence electrons. The van der Waals surface area contributed by atoms with Crippen molar-refractivity contribution in [3.63, 3.8) is 0 Å². The Balaban J connectivity index is 1.54. The Labute approximate surface area is 178 Å². The molecule has 0 atom stereocenters. The number of nitro groups is 1. The lowest BCUT2D eigenvalue weighted by Gasteiger charge is -2.12. The predicted molar refractivity (Wildman–Crippen MR) is 113 cm³/mol. The average molecular weight is 443 g/mol. The molecule has 0 bridgehead atoms. The number of aromatic nitrogens is 2. The molecule has 4 rings (SSSR count). The molecule has 10 nitrogen and oxygen atoms in total. The van der Waals surface area contributed by atoms with Gasteiger partial charge in [0.25, 0.3) is 15.7 Å². The van der Waals surface area contributed by atoms with E-state index in [1.54, 1.807) is 19.1 Å². The van der Waals surface area contributed by atoms with Gasteiger partial charge >= 0.3 is 0 Å². The van der Waals surface area contributed by atoms with Crippen molar-refractivity contribution in [1.29, 1.82) is 0 Å². The number of aryl methyl sites for hydroxylation is 2. The summed E-state index contributed by atoms with van der Waals surface area (Å²) in [4.78, 5) is 10.7. The zero-order chi connectivity index (χ0) is 22.2. The van der Waals surface area contributed by atoms with Crippen molar-refractivity contribution in [1.82, 2.24) is 10.2 Å². The number of hydrogen-bond acceptors (Lipinski definition) is 8. The smallest absolute Gasteiger partial charge is 0.293 e. The highest BCUT2D eigenvalue weighted by Crippen LogP contribution is 2.39. The second kappa shape index (κ2) is 7.99. The zero-order valence-electron chi connectivity index (χ0n) is 17.0. The van der Waals surface area contributed by atoms with Crippen LogP contribution in [0.1, 0.15) is 41.7 Å². The van der Waals surface area contributed by atoms with Crippen molar-refractivity contribution < 1.29 is 17.8 Å². The van der Waals surface area contributed by atoms with Crippen LogP contribution in [0.5, 0.6) is 0 Å². The Bertz CT molecular complexity index is 1250. The standard InChI is InChI=1S/C20H21N5O5S/c1-12-3-7-16(13(2)9-12)24-31(28,29)15-6-8-17(18(10-15)25(26)27)21-11-19-22-23-20(30-19)14-4-5-14/h3,6-10,14,21,24H,4-5,11H2,1-2H3. The summed E-state index contributed by atoms with van der Waals surface area (Å²) in [5.74, 6) is 1.19. The molecule has 0 aliphatic heterocycles. The van der Waals surface area contributed by atoms with Gasteiger partial charge in [0.1, 0.15) is 5.69 Å². The molecule has 0 amide bonds. The molecule has 2 aromatic carbocycles. The molecule has 1 saturated carbocycles. The highest BCUT2D eigenvalue weighted by atomic mass is 32.2. The molecule has 1 heterocycles. The molecule has 11 heteroatoms. The van der Waals surface area contributed by atoms with Gasteiger partial charge in [0.05, 0.1) is 22.1 Å². The fraction of sp³-hybridized carbons (Fsp3) is 0.300. The van der Waals surface area contributed by atoms with Crippen LogP contribution in [0.3, 0.4) is 0 Å². The van der Waals surface area contributed by atoms with Gasteiger partial charge < -0.3 is 9.73 Å². The normalized spacial score (nSPS) is 13.7. The molecule has 2 N–H and O–H groups in total. The van der Waals surface area contributed by atoms with Crippen LogP contribution in [-0.2, 0) is 16.6 Å². The SMILES string of the molecule is Cc1ccc(NS(=O)(=O)c2ccc(NCc3nnc(C4CC4)o3)c([N+](=O)[O-])c2)c(C)c1. The van der Waals surface area contributed by atoms with E-state index in [0.717, 1.165) is 30.0 Å². The lowest BCUT2D eigenvalue weighted by Crippen LogP contribution is -2.14. The number of nitrogens with zero attached hydrogens (tertiary/aromatic N) is 3. The van der Waals surface area contributed by atoms with Crippen LogP contribution < -0.4 is 10.0 Å². The van der Waals surface area contributed by atoms with E-state index in [2.05, 4.69) is 20.2 Å². The van der Waals surface area contributed by atoms with Gasteiger partial charge in [0, 0.05) is 12.0 Å². The maximum atomic E-state index is 12.8. The van der Waals surface area contributed by atoms with Crippen LogP contribution in [0.4, 0.5) is 17.1 Å². The quantitative estimate of drug-likeness (QED) is 0.395. The summed E-state index contributed by atoms with van der Waals surface area (Å²) in [5, 5.41) is 22.3. The molecule has 3 aromatic rings. The van der Waals surface area contributed by atoms with Crippen molar-refractivity contribution in [2.45, 2.75) is 44.0 Å². The van der Waals surface area contributed by atoms with Gasteiger partial charge in [-0.05, 0) is 50.5 Å². The van der Waals surface area contributed by atoms with Gasteiger partial charge in [-0.2, -0.15) is 0 Å². The lowest BCUT2D eigenvalue weighted by molar-refractivity contribution is -0.384. The predicted octanol–water partition coefficient (Wildman–Crippen LogP) is 3.88. The highest BCUT2D eigenvalue weighted by Gasteiger charge is 2.29. The summed E-state index contributed by atoms with van der Waals surface area (Å²) >= 11 is 0. The van der Waals surface area contributed by atoms with Crippen molar-refractivity contribution in [3.8, 4) is 0 Å². The number of hydrogen-bond donors (Lipinski definition) is 2. The Kier molecular flexibility index (Phi) is 5.36. The summed E-state index contributed by atoms with van der Waals surface area (Å²) in [6, 6.07) is 8.98. The third kappa shape index (κ3) is 4.66. The minimum Gasteiger partial charge on any atom is -0.423 e. The first-order valence-corrected chi connectivity index (χ1v) is 11.2. The summed E-state index contributed by atoms with van der Waals surface area (Å²) in [6.07, 6.45) is 2.04. The monoisotopic (exact) mass is 443 g/mol. The van der Waals surface area contributed by atoms with E-state index in [1.165, 1.54) is 12.1 Å². The van der Waals surface area contributed by atoms with Crippen LogP contribution in [0.15, 0.2) is 45.7 Å². The largest absolute Gasteiger partial charge is 0.423 e. The number of nitrogens with one attached hydrogen (secondary N) is 2. The number of sulfonamides is 1. The first-order chi connectivity index (χ1) is 14.7. The topological polar surface area (TPSA) is 140 Å². The highest BCUT2D eigenvalue weighted by molar-refractivity contribution is 7.92. The Morgan fingerprint density at radius 2 is 1.87 bits per heavy atom. The van der Waals surface area contributed by atoms with Gasteiger partial charge in [-0.3, -0.25) is 14.8 Å². The number of nitro benzene ring substituents is 1. The fourth-order valence-corrected chi connectivity index (χ4v) is 4.27. The van der Waals surface area contributed by atoms with Crippen LogP contribution in [-0.4, -0.2) is 23.5 Å². The second-order valence-corrected chi connectivity index (χ2v) is 9.20. The molecule has 31 heavy (non-hydrogen) atoms. The average Bonchev–Trinajstić information content (AvgIpc) is 3.46. The van der Waals surface area contributed by atoms with Crippen LogP contribution >= 0.6 is 0 Å². The molecule has 0 spiro atoms. The Morgan fingerprint density at radius 3 is 2.55 bits per heavy atom. The first-order valence-electron chi connectivity index (χ1n) is 9.67. The molecule has 1 fully saturated rings. The molecule has 1 aliphatic carbocycles. The molecule has 1 aliphatic rings. The molecule has 1 aromatic heterocycles. The van der Waals surface area contributed by atoms with E-state index in [0.29, 0.717) is 23.4 Å². The number of benzene rings is 2. The van der Waals surface area contributed by atoms with Gasteiger partial charge in [-0.1, -0.05) is 17.7 Å². The van der Waals surface area contributed by atoms with E-state index in [4.69, 9.17) is 4.42 Å². The summed E-state index contributed by atoms with van der Waals surface area (Å²) in [6.45, 7) is 3.78. The van der Waals surface area contributed by atoms with Crippen LogP contribution in [0.25, 0.3) is 0 Å². The second-order valence-electron chi connectivity index (χ2n) is 7.52. The van der Waals surface area contributed by atoms with Crippen LogP contribution in [0.2, 0.25) is 0 Å². The van der Waals surface area contributed by atoms with Crippen molar-refractivity contribution in [2.24, 2.45) is 0 Å².